The molecule has 2 bridgehead atoms. The molecular formula is C30H45BrN2O5S. The highest BCUT2D eigenvalue weighted by Gasteiger charge is 2.76. The van der Waals surface area contributed by atoms with Crippen molar-refractivity contribution in [2.45, 2.75) is 105 Å². The minimum Gasteiger partial charge on any atom is -0.465 e. The minimum atomic E-state index is -0.740. The molecule has 4 rings (SSSR count). The maximum Gasteiger partial charge on any atom is 0.310 e. The molecule has 1 aliphatic carbocycles. The summed E-state index contributed by atoms with van der Waals surface area (Å²) in [6, 6.07) is -1.11. The summed E-state index contributed by atoms with van der Waals surface area (Å²) in [5.41, 5.74) is 0. The second kappa shape index (κ2) is 13.1. The molecule has 0 aromatic heterocycles. The molecule has 3 unspecified atom stereocenters. The van der Waals surface area contributed by atoms with Crippen LogP contribution in [0.1, 0.15) is 71.6 Å². The van der Waals surface area contributed by atoms with E-state index in [0.717, 1.165) is 32.1 Å². The zero-order valence-corrected chi connectivity index (χ0v) is 25.8. The number of unbranched alkanes of at least 4 members (excludes halogenated alkanes) is 1. The summed E-state index contributed by atoms with van der Waals surface area (Å²) in [5, 5.41) is 10.4. The van der Waals surface area contributed by atoms with Crippen LogP contribution in [0.4, 0.5) is 0 Å². The van der Waals surface area contributed by atoms with E-state index in [0.29, 0.717) is 25.8 Å². The Labute approximate surface area is 246 Å². The Bertz CT molecular complexity index is 940. The molecule has 218 valence electrons. The number of hydrogen-bond acceptors (Lipinski definition) is 6. The highest BCUT2D eigenvalue weighted by atomic mass is 79.9. The van der Waals surface area contributed by atoms with Crippen LogP contribution in [0.25, 0.3) is 0 Å². The number of thioether (sulfide) groups is 1. The summed E-state index contributed by atoms with van der Waals surface area (Å²) in [7, 11) is 0. The average molecular weight is 626 g/mol. The number of hydrogen-bond donors (Lipinski definition) is 1. The van der Waals surface area contributed by atoms with Gasteiger partial charge in [0, 0.05) is 22.7 Å². The van der Waals surface area contributed by atoms with Gasteiger partial charge in [-0.05, 0) is 44.4 Å². The third kappa shape index (κ3) is 5.74. The predicted molar refractivity (Wildman–Crippen MR) is 159 cm³/mol. The van der Waals surface area contributed by atoms with Gasteiger partial charge in [0.1, 0.15) is 6.04 Å². The molecule has 3 heterocycles. The van der Waals surface area contributed by atoms with E-state index in [9.17, 15) is 19.5 Å². The maximum absolute atomic E-state index is 14.7. The first-order chi connectivity index (χ1) is 18.7. The third-order valence-electron chi connectivity index (χ3n) is 9.00. The molecule has 1 N–H and O–H groups in total. The van der Waals surface area contributed by atoms with E-state index in [-0.39, 0.29) is 53.0 Å². The van der Waals surface area contributed by atoms with Crippen molar-refractivity contribution in [3.8, 4) is 0 Å². The number of allylic oxidation sites excluding steroid dienone is 1. The number of aliphatic hydroxyl groups is 1. The lowest BCUT2D eigenvalue weighted by atomic mass is 9.71. The molecule has 4 aliphatic rings. The number of ether oxygens (including phenoxy) is 1. The Balaban J connectivity index is 1.74. The summed E-state index contributed by atoms with van der Waals surface area (Å²) < 4.78 is 4.96. The van der Waals surface area contributed by atoms with Gasteiger partial charge in [-0.1, -0.05) is 61.2 Å². The smallest absolute Gasteiger partial charge is 0.310 e. The summed E-state index contributed by atoms with van der Waals surface area (Å²) in [4.78, 5) is 46.2. The van der Waals surface area contributed by atoms with Crippen molar-refractivity contribution in [2.24, 2.45) is 17.8 Å². The number of carbonyl (C=O) groups excluding carboxylic acids is 3. The SMILES string of the molecule is C=CCCCOC(=O)[C@H]1[C@@H]2SC3(CC2Br)C(C(=O)N(CC=C)C2CCCCC2)N([C@@H](CO)CC(C)C)C(=O)[C@H]13. The van der Waals surface area contributed by atoms with Gasteiger partial charge in [-0.15, -0.1) is 24.9 Å². The van der Waals surface area contributed by atoms with Gasteiger partial charge in [0.25, 0.3) is 0 Å². The molecule has 1 spiro atoms. The average Bonchev–Trinajstić information content (AvgIpc) is 3.51. The molecule has 39 heavy (non-hydrogen) atoms. The number of likely N-dealkylation sites (tertiary alicyclic amines) is 1. The molecule has 0 aromatic carbocycles. The number of halogens is 1. The summed E-state index contributed by atoms with van der Waals surface area (Å²) >= 11 is 5.45. The topological polar surface area (TPSA) is 87.2 Å². The van der Waals surface area contributed by atoms with Crippen molar-refractivity contribution in [3.05, 3.63) is 25.3 Å². The number of rotatable bonds is 13. The highest BCUT2D eigenvalue weighted by Crippen LogP contribution is 2.68. The van der Waals surface area contributed by atoms with E-state index in [1.54, 1.807) is 28.8 Å². The molecule has 0 radical (unpaired) electrons. The van der Waals surface area contributed by atoms with E-state index >= 15 is 0 Å². The van der Waals surface area contributed by atoms with Gasteiger partial charge in [-0.25, -0.2) is 0 Å². The van der Waals surface area contributed by atoms with Crippen molar-refractivity contribution in [3.63, 3.8) is 0 Å². The van der Waals surface area contributed by atoms with E-state index in [1.165, 1.54) is 6.42 Å². The van der Waals surface area contributed by atoms with E-state index in [2.05, 4.69) is 42.9 Å². The highest BCUT2D eigenvalue weighted by molar-refractivity contribution is 9.09. The lowest BCUT2D eigenvalue weighted by Gasteiger charge is -2.43. The van der Waals surface area contributed by atoms with Crippen LogP contribution in [-0.4, -0.2) is 85.4 Å². The fraction of sp³-hybridized carbons (Fsp3) is 0.767. The third-order valence-corrected chi connectivity index (χ3v) is 12.2. The molecule has 3 saturated heterocycles. The summed E-state index contributed by atoms with van der Waals surface area (Å²) in [6.45, 7) is 12.3. The zero-order valence-electron chi connectivity index (χ0n) is 23.4. The molecule has 7 nitrogen and oxygen atoms in total. The number of esters is 1. The minimum absolute atomic E-state index is 0.00673. The Kier molecular flexibility index (Phi) is 10.3. The molecule has 4 fully saturated rings. The van der Waals surface area contributed by atoms with Crippen molar-refractivity contribution < 1.29 is 24.2 Å². The van der Waals surface area contributed by atoms with Crippen molar-refractivity contribution in [1.29, 1.82) is 0 Å². The molecular weight excluding hydrogens is 580 g/mol. The maximum atomic E-state index is 14.7. The lowest BCUT2D eigenvalue weighted by Crippen LogP contribution is -2.59. The van der Waals surface area contributed by atoms with Crippen molar-refractivity contribution in [2.75, 3.05) is 19.8 Å². The number of amides is 2. The molecule has 1 saturated carbocycles. The van der Waals surface area contributed by atoms with Crippen molar-refractivity contribution in [1.82, 2.24) is 9.80 Å². The Morgan fingerprint density at radius 3 is 2.59 bits per heavy atom. The number of alkyl halides is 1. The standard InChI is InChI=1S/C30H45BrN2O5S/c1-5-7-11-15-38-29(37)23-24-27(35)33(21(18-34)16-19(3)4)26(30(24)17-22(31)25(23)39-30)28(36)32(14-6-2)20-12-9-8-10-13-20/h5-6,19-26,34H,1-2,7-18H2,3-4H3/t21-,22?,23-,24+,25-,26?,30?/m1/s1. The molecule has 2 amide bonds. The molecule has 3 aliphatic heterocycles. The zero-order chi connectivity index (χ0) is 28.3. The number of carbonyl (C=O) groups is 3. The van der Waals surface area contributed by atoms with Crippen LogP contribution in [0.2, 0.25) is 0 Å². The second-order valence-corrected chi connectivity index (χ2v) is 14.8. The van der Waals surface area contributed by atoms with Crippen LogP contribution >= 0.6 is 27.7 Å². The van der Waals surface area contributed by atoms with Crippen LogP contribution < -0.4 is 0 Å². The normalized spacial score (nSPS) is 32.8. The first-order valence-corrected chi connectivity index (χ1v) is 16.4. The van der Waals surface area contributed by atoms with E-state index < -0.39 is 28.7 Å². The van der Waals surface area contributed by atoms with Crippen LogP contribution in [-0.2, 0) is 19.1 Å². The molecule has 7 atom stereocenters. The number of aliphatic hydroxyl groups excluding tert-OH is 1. The Morgan fingerprint density at radius 1 is 1.26 bits per heavy atom. The molecule has 9 heteroatoms. The van der Waals surface area contributed by atoms with Crippen LogP contribution in [0.5, 0.6) is 0 Å². The Morgan fingerprint density at radius 2 is 1.97 bits per heavy atom. The van der Waals surface area contributed by atoms with Gasteiger partial charge in [0.15, 0.2) is 0 Å². The lowest BCUT2D eigenvalue weighted by molar-refractivity contribution is -0.154. The van der Waals surface area contributed by atoms with Gasteiger partial charge in [-0.2, -0.15) is 0 Å². The summed E-state index contributed by atoms with van der Waals surface area (Å²) in [5.74, 6) is -1.63. The Hall–Kier alpha value is -1.32. The largest absolute Gasteiger partial charge is 0.465 e. The number of nitrogens with zero attached hydrogens (tertiary/aromatic N) is 2. The fourth-order valence-corrected chi connectivity index (χ4v) is 11.0. The van der Waals surface area contributed by atoms with Crippen LogP contribution in [0, 0.1) is 17.8 Å². The van der Waals surface area contributed by atoms with E-state index in [1.807, 2.05) is 4.90 Å². The quantitative estimate of drug-likeness (QED) is 0.138. The van der Waals surface area contributed by atoms with Gasteiger partial charge in [0.2, 0.25) is 11.8 Å². The van der Waals surface area contributed by atoms with Gasteiger partial charge in [-0.3, -0.25) is 14.4 Å². The fourth-order valence-electron chi connectivity index (χ4n) is 7.43. The molecule has 0 aromatic rings. The van der Waals surface area contributed by atoms with Crippen LogP contribution in [0.3, 0.4) is 0 Å². The van der Waals surface area contributed by atoms with E-state index in [4.69, 9.17) is 4.74 Å². The predicted octanol–water partition coefficient (Wildman–Crippen LogP) is 4.71. The number of fused-ring (bicyclic) bond motifs is 1. The first kappa shape index (κ1) is 30.6. The van der Waals surface area contributed by atoms with Gasteiger partial charge < -0.3 is 19.6 Å². The second-order valence-electron chi connectivity index (χ2n) is 12.0. The summed E-state index contributed by atoms with van der Waals surface area (Å²) in [6.07, 6.45) is 11.5. The van der Waals surface area contributed by atoms with Crippen molar-refractivity contribution >= 4 is 45.5 Å². The monoisotopic (exact) mass is 624 g/mol. The van der Waals surface area contributed by atoms with Gasteiger partial charge in [0.05, 0.1) is 35.8 Å². The van der Waals surface area contributed by atoms with Crippen LogP contribution in [0.15, 0.2) is 25.3 Å². The first-order valence-electron chi connectivity index (χ1n) is 14.7. The van der Waals surface area contributed by atoms with Gasteiger partial charge >= 0.3 is 5.97 Å².